The lowest BCUT2D eigenvalue weighted by Gasteiger charge is -2.17. The van der Waals surface area contributed by atoms with Crippen molar-refractivity contribution < 1.29 is 9.90 Å². The summed E-state index contributed by atoms with van der Waals surface area (Å²) in [5.41, 5.74) is 3.73. The van der Waals surface area contributed by atoms with Crippen molar-refractivity contribution in [2.45, 2.75) is 33.4 Å². The van der Waals surface area contributed by atoms with Crippen molar-refractivity contribution in [2.75, 3.05) is 0 Å². The second-order valence-corrected chi connectivity index (χ2v) is 5.56. The van der Waals surface area contributed by atoms with E-state index in [0.29, 0.717) is 6.54 Å². The van der Waals surface area contributed by atoms with Crippen LogP contribution in [-0.4, -0.2) is 20.7 Å². The number of nitrogens with one attached hydrogen (secondary N) is 1. The normalized spacial score (nSPS) is 12.3. The molecule has 0 fully saturated rings. The maximum atomic E-state index is 11.5. The highest BCUT2D eigenvalue weighted by molar-refractivity contribution is 7.05. The molecule has 0 aliphatic carbocycles. The van der Waals surface area contributed by atoms with Crippen LogP contribution in [0, 0.1) is 20.8 Å². The van der Waals surface area contributed by atoms with Gasteiger partial charge in [0.15, 0.2) is 0 Å². The van der Waals surface area contributed by atoms with E-state index < -0.39 is 12.0 Å². The van der Waals surface area contributed by atoms with Crippen LogP contribution >= 0.6 is 11.5 Å². The number of carbonyl (C=O) groups is 1. The topological polar surface area (TPSA) is 75.1 Å². The molecular formula is C14H17N3O2S. The minimum Gasteiger partial charge on any atom is -0.480 e. The lowest BCUT2D eigenvalue weighted by atomic mass is 9.97. The number of nitrogens with zero attached hydrogens (tertiary/aromatic N) is 2. The molecule has 0 bridgehead atoms. The molecule has 0 radical (unpaired) electrons. The average Bonchev–Trinajstić information content (AvgIpc) is 2.80. The Balaban J connectivity index is 2.22. The Labute approximate surface area is 121 Å². The molecule has 0 amide bonds. The van der Waals surface area contributed by atoms with E-state index >= 15 is 0 Å². The predicted octanol–water partition coefficient (Wildman–Crippen LogP) is 2.38. The van der Waals surface area contributed by atoms with E-state index in [2.05, 4.69) is 14.9 Å². The van der Waals surface area contributed by atoms with E-state index in [0.717, 1.165) is 27.3 Å². The third-order valence-corrected chi connectivity index (χ3v) is 4.24. The van der Waals surface area contributed by atoms with Crippen LogP contribution in [-0.2, 0) is 11.3 Å². The highest BCUT2D eigenvalue weighted by Gasteiger charge is 2.22. The van der Waals surface area contributed by atoms with Crippen molar-refractivity contribution in [1.82, 2.24) is 14.9 Å². The largest absolute Gasteiger partial charge is 0.480 e. The second kappa shape index (κ2) is 6.11. The molecule has 0 aliphatic rings. The summed E-state index contributed by atoms with van der Waals surface area (Å²) in [5, 5.41) is 16.5. The molecule has 2 rings (SSSR count). The van der Waals surface area contributed by atoms with Gasteiger partial charge in [0, 0.05) is 6.54 Å². The molecule has 1 heterocycles. The molecule has 0 saturated carbocycles. The smallest absolute Gasteiger partial charge is 0.325 e. The van der Waals surface area contributed by atoms with Crippen LogP contribution in [0.1, 0.15) is 33.3 Å². The second-order valence-electron chi connectivity index (χ2n) is 4.72. The van der Waals surface area contributed by atoms with Gasteiger partial charge in [-0.15, -0.1) is 5.10 Å². The number of rotatable bonds is 5. The molecule has 0 aliphatic heterocycles. The molecule has 1 aromatic carbocycles. The number of hydrogen-bond acceptors (Lipinski definition) is 5. The van der Waals surface area contributed by atoms with E-state index in [1.54, 1.807) is 0 Å². The molecular weight excluding hydrogens is 274 g/mol. The summed E-state index contributed by atoms with van der Waals surface area (Å²) in [6.45, 7) is 6.25. The Morgan fingerprint density at radius 2 is 2.15 bits per heavy atom. The predicted molar refractivity (Wildman–Crippen MR) is 77.8 cm³/mol. The number of aliphatic carboxylic acids is 1. The van der Waals surface area contributed by atoms with E-state index in [1.165, 1.54) is 11.5 Å². The number of benzene rings is 1. The fourth-order valence-electron chi connectivity index (χ4n) is 2.02. The van der Waals surface area contributed by atoms with Gasteiger partial charge < -0.3 is 5.11 Å². The number of aryl methyl sites for hydroxylation is 2. The van der Waals surface area contributed by atoms with Crippen LogP contribution < -0.4 is 5.32 Å². The summed E-state index contributed by atoms with van der Waals surface area (Å²) < 4.78 is 3.85. The highest BCUT2D eigenvalue weighted by atomic mass is 32.1. The molecule has 106 valence electrons. The van der Waals surface area contributed by atoms with Crippen molar-refractivity contribution in [3.63, 3.8) is 0 Å². The molecule has 6 heteroatoms. The monoisotopic (exact) mass is 291 g/mol. The fourth-order valence-corrected chi connectivity index (χ4v) is 2.61. The molecule has 0 spiro atoms. The zero-order valence-electron chi connectivity index (χ0n) is 11.7. The molecule has 20 heavy (non-hydrogen) atoms. The molecule has 1 atom stereocenters. The Bertz CT molecular complexity index is 625. The lowest BCUT2D eigenvalue weighted by Crippen LogP contribution is -2.28. The highest BCUT2D eigenvalue weighted by Crippen LogP contribution is 2.22. The van der Waals surface area contributed by atoms with E-state index in [4.69, 9.17) is 0 Å². The Morgan fingerprint density at radius 3 is 2.75 bits per heavy atom. The van der Waals surface area contributed by atoms with Crippen molar-refractivity contribution in [2.24, 2.45) is 0 Å². The summed E-state index contributed by atoms with van der Waals surface area (Å²) in [5.74, 6) is -0.881. The van der Waals surface area contributed by atoms with Crippen LogP contribution in [0.4, 0.5) is 0 Å². The zero-order valence-corrected chi connectivity index (χ0v) is 12.5. The first kappa shape index (κ1) is 14.6. The maximum Gasteiger partial charge on any atom is 0.325 e. The molecule has 1 aromatic heterocycles. The third-order valence-electron chi connectivity index (χ3n) is 3.42. The molecule has 2 aromatic rings. The molecule has 0 saturated heterocycles. The van der Waals surface area contributed by atoms with Crippen LogP contribution in [0.15, 0.2) is 18.2 Å². The molecule has 1 unspecified atom stereocenters. The quantitative estimate of drug-likeness (QED) is 0.884. The fraction of sp³-hybridized carbons (Fsp3) is 0.357. The van der Waals surface area contributed by atoms with E-state index in [1.807, 2.05) is 39.0 Å². The summed E-state index contributed by atoms with van der Waals surface area (Å²) in [6.07, 6.45) is 0. The number of aromatic nitrogens is 2. The van der Waals surface area contributed by atoms with Crippen molar-refractivity contribution in [1.29, 1.82) is 0 Å². The standard InChI is InChI=1S/C14H17N3O2S/c1-8-5-4-6-11(9(8)2)13(14(18)19)15-7-12-10(3)16-17-20-12/h4-6,13,15H,7H2,1-3H3,(H,18,19). The number of carboxylic acid groups (broad SMARTS) is 1. The van der Waals surface area contributed by atoms with Gasteiger partial charge in [0.1, 0.15) is 6.04 Å². The van der Waals surface area contributed by atoms with Gasteiger partial charge in [0.2, 0.25) is 0 Å². The summed E-state index contributed by atoms with van der Waals surface area (Å²) in [4.78, 5) is 12.5. The lowest BCUT2D eigenvalue weighted by molar-refractivity contribution is -0.139. The Morgan fingerprint density at radius 1 is 1.40 bits per heavy atom. The first-order valence-electron chi connectivity index (χ1n) is 6.31. The van der Waals surface area contributed by atoms with Gasteiger partial charge >= 0.3 is 5.97 Å². The van der Waals surface area contributed by atoms with Gasteiger partial charge in [-0.1, -0.05) is 22.7 Å². The number of hydrogen-bond donors (Lipinski definition) is 2. The number of carboxylic acids is 1. The third kappa shape index (κ3) is 3.02. The van der Waals surface area contributed by atoms with Crippen LogP contribution in [0.2, 0.25) is 0 Å². The van der Waals surface area contributed by atoms with Crippen molar-refractivity contribution in [3.8, 4) is 0 Å². The Kier molecular flexibility index (Phi) is 4.46. The minimum absolute atomic E-state index is 0.452. The van der Waals surface area contributed by atoms with Gasteiger partial charge in [-0.2, -0.15) is 0 Å². The van der Waals surface area contributed by atoms with Crippen molar-refractivity contribution >= 4 is 17.5 Å². The summed E-state index contributed by atoms with van der Waals surface area (Å²) in [6, 6.07) is 4.99. The van der Waals surface area contributed by atoms with Gasteiger partial charge in [0.05, 0.1) is 10.6 Å². The van der Waals surface area contributed by atoms with Crippen LogP contribution in [0.3, 0.4) is 0 Å². The van der Waals surface area contributed by atoms with Gasteiger partial charge in [-0.05, 0) is 49.0 Å². The van der Waals surface area contributed by atoms with Crippen molar-refractivity contribution in [3.05, 3.63) is 45.5 Å². The summed E-state index contributed by atoms with van der Waals surface area (Å²) in [7, 11) is 0. The van der Waals surface area contributed by atoms with Crippen LogP contribution in [0.5, 0.6) is 0 Å². The summed E-state index contributed by atoms with van der Waals surface area (Å²) >= 11 is 1.29. The maximum absolute atomic E-state index is 11.5. The average molecular weight is 291 g/mol. The minimum atomic E-state index is -0.881. The van der Waals surface area contributed by atoms with E-state index in [9.17, 15) is 9.90 Å². The first-order valence-corrected chi connectivity index (χ1v) is 7.08. The molecule has 2 N–H and O–H groups in total. The SMILES string of the molecule is Cc1cccc(C(NCc2snnc2C)C(=O)O)c1C. The Hall–Kier alpha value is -1.79. The van der Waals surface area contributed by atoms with Gasteiger partial charge in [-0.25, -0.2) is 0 Å². The first-order chi connectivity index (χ1) is 9.50. The van der Waals surface area contributed by atoms with E-state index in [-0.39, 0.29) is 0 Å². The van der Waals surface area contributed by atoms with Gasteiger partial charge in [-0.3, -0.25) is 10.1 Å². The zero-order chi connectivity index (χ0) is 14.7. The molecule has 5 nitrogen and oxygen atoms in total. The van der Waals surface area contributed by atoms with Gasteiger partial charge in [0.25, 0.3) is 0 Å². The van der Waals surface area contributed by atoms with Crippen LogP contribution in [0.25, 0.3) is 0 Å².